The average molecular weight is 373 g/mol. The Balaban J connectivity index is 1.67. The molecule has 0 aromatic heterocycles. The number of amidine groups is 1. The summed E-state index contributed by atoms with van der Waals surface area (Å²) in [6.07, 6.45) is 0. The van der Waals surface area contributed by atoms with Gasteiger partial charge in [-0.05, 0) is 30.2 Å². The maximum atomic E-state index is 11.8. The summed E-state index contributed by atoms with van der Waals surface area (Å²) in [7, 11) is -2.93. The van der Waals surface area contributed by atoms with Crippen molar-refractivity contribution in [1.82, 2.24) is 0 Å². The minimum Gasteiger partial charge on any atom is -0.317 e. The molecule has 130 valence electrons. The average Bonchev–Trinajstić information content (AvgIpc) is 3.08. The number of para-hydroxylation sites is 1. The molecule has 25 heavy (non-hydrogen) atoms. The lowest BCUT2D eigenvalue weighted by Crippen LogP contribution is -2.28. The molecule has 2 aliphatic rings. The summed E-state index contributed by atoms with van der Waals surface area (Å²) in [5, 5.41) is 0.988. The fourth-order valence-electron chi connectivity index (χ4n) is 3.31. The highest BCUT2D eigenvalue weighted by Gasteiger charge is 2.44. The Hall–Kier alpha value is -1.79. The van der Waals surface area contributed by atoms with Gasteiger partial charge >= 0.3 is 0 Å². The van der Waals surface area contributed by atoms with E-state index in [0.717, 1.165) is 17.4 Å². The third kappa shape index (κ3) is 3.46. The van der Waals surface area contributed by atoms with E-state index in [1.807, 2.05) is 24.3 Å². The van der Waals surface area contributed by atoms with Crippen LogP contribution >= 0.6 is 11.8 Å². The van der Waals surface area contributed by atoms with Gasteiger partial charge in [0.1, 0.15) is 0 Å². The number of hydrogen-bond donors (Lipinski definition) is 0. The molecular formula is C19H20N2O2S2. The monoisotopic (exact) mass is 372 g/mol. The molecule has 4 nitrogen and oxygen atoms in total. The van der Waals surface area contributed by atoms with Gasteiger partial charge in [-0.3, -0.25) is 4.99 Å². The van der Waals surface area contributed by atoms with E-state index in [4.69, 9.17) is 4.99 Å². The largest absolute Gasteiger partial charge is 0.317 e. The van der Waals surface area contributed by atoms with E-state index < -0.39 is 9.84 Å². The number of fused-ring (bicyclic) bond motifs is 1. The standard InChI is InChI=1S/C19H20N2O2S2/c1-14-7-5-6-8-15(14)11-21(16-9-3-2-4-10-16)19-20-17-12-25(22,23)13-18(17)24-19/h2-10,17-18H,11-13H2,1H3/t17-,18+/m0/s1. The molecule has 0 aliphatic carbocycles. The molecule has 2 atom stereocenters. The van der Waals surface area contributed by atoms with Crippen LogP contribution < -0.4 is 4.90 Å². The van der Waals surface area contributed by atoms with Gasteiger partial charge in [-0.15, -0.1) is 0 Å². The Kier molecular flexibility index (Phi) is 4.33. The van der Waals surface area contributed by atoms with Crippen molar-refractivity contribution < 1.29 is 8.42 Å². The van der Waals surface area contributed by atoms with Crippen LogP contribution in [0.25, 0.3) is 0 Å². The second-order valence-corrected chi connectivity index (χ2v) is 9.92. The van der Waals surface area contributed by atoms with Crippen LogP contribution in [0.15, 0.2) is 59.6 Å². The molecule has 0 amide bonds. The quantitative estimate of drug-likeness (QED) is 0.830. The summed E-state index contributed by atoms with van der Waals surface area (Å²) in [6.45, 7) is 2.85. The fraction of sp³-hybridized carbons (Fsp3) is 0.316. The van der Waals surface area contributed by atoms with E-state index in [-0.39, 0.29) is 22.8 Å². The number of sulfone groups is 1. The minimum absolute atomic E-state index is 0.0584. The Morgan fingerprint density at radius 2 is 1.80 bits per heavy atom. The fourth-order valence-corrected chi connectivity index (χ4v) is 7.09. The van der Waals surface area contributed by atoms with E-state index in [1.54, 1.807) is 11.8 Å². The SMILES string of the molecule is Cc1ccccc1CN(C1=N[C@H]2CS(=O)(=O)C[C@H]2S1)c1ccccc1. The third-order valence-electron chi connectivity index (χ3n) is 4.69. The lowest BCUT2D eigenvalue weighted by Gasteiger charge is -2.25. The van der Waals surface area contributed by atoms with Crippen molar-refractivity contribution in [2.24, 2.45) is 4.99 Å². The molecule has 2 aromatic carbocycles. The Bertz CT molecular complexity index is 910. The summed E-state index contributed by atoms with van der Waals surface area (Å²) < 4.78 is 23.7. The maximum absolute atomic E-state index is 11.8. The van der Waals surface area contributed by atoms with Crippen LogP contribution in [-0.2, 0) is 16.4 Å². The van der Waals surface area contributed by atoms with Crippen LogP contribution in [0.5, 0.6) is 0 Å². The molecule has 2 aromatic rings. The van der Waals surface area contributed by atoms with E-state index >= 15 is 0 Å². The van der Waals surface area contributed by atoms with Gasteiger partial charge in [-0.2, -0.15) is 0 Å². The van der Waals surface area contributed by atoms with Crippen LogP contribution in [0.3, 0.4) is 0 Å². The molecule has 2 heterocycles. The van der Waals surface area contributed by atoms with Gasteiger partial charge in [0.2, 0.25) is 0 Å². The van der Waals surface area contributed by atoms with Crippen molar-refractivity contribution in [2.45, 2.75) is 24.8 Å². The van der Waals surface area contributed by atoms with Gasteiger partial charge in [0.05, 0.1) is 24.1 Å². The first-order valence-corrected chi connectivity index (χ1v) is 11.0. The molecule has 0 unspecified atom stereocenters. The summed E-state index contributed by atoms with van der Waals surface area (Å²) in [5.41, 5.74) is 3.58. The molecule has 0 spiro atoms. The van der Waals surface area contributed by atoms with Gasteiger partial charge < -0.3 is 4.90 Å². The number of aliphatic imine (C=N–C) groups is 1. The number of rotatable bonds is 3. The van der Waals surface area contributed by atoms with Gasteiger partial charge in [0.25, 0.3) is 0 Å². The van der Waals surface area contributed by atoms with Gasteiger partial charge in [0.15, 0.2) is 15.0 Å². The normalized spacial score (nSPS) is 24.0. The lowest BCUT2D eigenvalue weighted by atomic mass is 10.1. The number of anilines is 1. The van der Waals surface area contributed by atoms with E-state index in [1.165, 1.54) is 11.1 Å². The summed E-state index contributed by atoms with van der Waals surface area (Å²) >= 11 is 1.61. The molecule has 6 heteroatoms. The lowest BCUT2D eigenvalue weighted by molar-refractivity contribution is 0.601. The predicted octanol–water partition coefficient (Wildman–Crippen LogP) is 3.27. The molecule has 0 bridgehead atoms. The first-order chi connectivity index (χ1) is 12.0. The molecule has 0 N–H and O–H groups in total. The highest BCUT2D eigenvalue weighted by Crippen LogP contribution is 2.37. The van der Waals surface area contributed by atoms with Crippen molar-refractivity contribution >= 4 is 32.5 Å². The first-order valence-electron chi connectivity index (χ1n) is 8.34. The third-order valence-corrected chi connectivity index (χ3v) is 7.94. The highest BCUT2D eigenvalue weighted by atomic mass is 32.2. The number of benzene rings is 2. The van der Waals surface area contributed by atoms with Crippen molar-refractivity contribution in [1.29, 1.82) is 0 Å². The number of thioether (sulfide) groups is 1. The Morgan fingerprint density at radius 3 is 2.52 bits per heavy atom. The number of aryl methyl sites for hydroxylation is 1. The smallest absolute Gasteiger partial charge is 0.164 e. The second-order valence-electron chi connectivity index (χ2n) is 6.56. The first kappa shape index (κ1) is 16.7. The molecule has 0 saturated carbocycles. The minimum atomic E-state index is -2.93. The summed E-state index contributed by atoms with van der Waals surface area (Å²) in [5.74, 6) is 0.420. The summed E-state index contributed by atoms with van der Waals surface area (Å²) in [4.78, 5) is 6.98. The summed E-state index contributed by atoms with van der Waals surface area (Å²) in [6, 6.07) is 18.4. The maximum Gasteiger partial charge on any atom is 0.164 e. The Labute approximate surface area is 152 Å². The molecule has 2 aliphatic heterocycles. The molecule has 1 saturated heterocycles. The molecule has 4 rings (SSSR count). The van der Waals surface area contributed by atoms with Gasteiger partial charge in [-0.1, -0.05) is 54.2 Å². The van der Waals surface area contributed by atoms with Crippen molar-refractivity contribution in [3.63, 3.8) is 0 Å². The van der Waals surface area contributed by atoms with Crippen LogP contribution in [0.2, 0.25) is 0 Å². The molecule has 0 radical (unpaired) electrons. The molecule has 1 fully saturated rings. The zero-order valence-electron chi connectivity index (χ0n) is 14.0. The van der Waals surface area contributed by atoms with Crippen molar-refractivity contribution in [3.05, 3.63) is 65.7 Å². The number of hydrogen-bond acceptors (Lipinski definition) is 5. The second kappa shape index (κ2) is 6.50. The van der Waals surface area contributed by atoms with Gasteiger partial charge in [0, 0.05) is 10.9 Å². The van der Waals surface area contributed by atoms with Gasteiger partial charge in [-0.25, -0.2) is 8.42 Å². The van der Waals surface area contributed by atoms with E-state index in [9.17, 15) is 8.42 Å². The zero-order valence-corrected chi connectivity index (χ0v) is 15.6. The number of nitrogens with zero attached hydrogens (tertiary/aromatic N) is 2. The predicted molar refractivity (Wildman–Crippen MR) is 105 cm³/mol. The van der Waals surface area contributed by atoms with Crippen LogP contribution in [0.4, 0.5) is 5.69 Å². The molecular weight excluding hydrogens is 352 g/mol. The van der Waals surface area contributed by atoms with Crippen molar-refractivity contribution in [2.75, 3.05) is 16.4 Å². The zero-order chi connectivity index (χ0) is 17.4. The topological polar surface area (TPSA) is 49.7 Å². The van der Waals surface area contributed by atoms with E-state index in [0.29, 0.717) is 0 Å². The van der Waals surface area contributed by atoms with Crippen molar-refractivity contribution in [3.8, 4) is 0 Å². The van der Waals surface area contributed by atoms with Crippen LogP contribution in [-0.4, -0.2) is 36.4 Å². The Morgan fingerprint density at radius 1 is 1.08 bits per heavy atom. The van der Waals surface area contributed by atoms with E-state index in [2.05, 4.69) is 42.2 Å². The highest BCUT2D eigenvalue weighted by molar-refractivity contribution is 8.15. The van der Waals surface area contributed by atoms with Crippen LogP contribution in [0, 0.1) is 6.92 Å². The van der Waals surface area contributed by atoms with Crippen LogP contribution in [0.1, 0.15) is 11.1 Å².